The van der Waals surface area contributed by atoms with Crippen molar-refractivity contribution in [1.82, 2.24) is 0 Å². The highest BCUT2D eigenvalue weighted by molar-refractivity contribution is 6.91. The molecule has 9 nitrogen and oxygen atoms in total. The lowest BCUT2D eigenvalue weighted by atomic mass is 11.8. The molecule has 0 aliphatic heterocycles. The number of hydrogen-bond donors (Lipinski definition) is 0. The maximum atomic E-state index is 6.50. The molecular weight excluding hydrogens is 713 g/mol. The monoisotopic (exact) mass is 784 g/mol. The van der Waals surface area contributed by atoms with E-state index in [0.717, 1.165) is 0 Å². The van der Waals surface area contributed by atoms with E-state index in [4.69, 9.17) is 37.3 Å². The number of rotatable bonds is 17. The average Bonchev–Trinajstić information content (AvgIpc) is 2.48. The smallest absolute Gasteiger partial charge is 0.322 e. The molecule has 0 aromatic rings. The first-order valence-corrected chi connectivity index (χ1v) is 45.3. The van der Waals surface area contributed by atoms with Gasteiger partial charge in [-0.15, -0.1) is 0 Å². The topological polar surface area (TPSA) is 83.1 Å². The Labute approximate surface area is 278 Å². The Kier molecular flexibility index (Phi) is 17.5. The Morgan fingerprint density at radius 3 is 0.488 bits per heavy atom. The highest BCUT2D eigenvalue weighted by Crippen LogP contribution is 2.27. The van der Waals surface area contributed by atoms with E-state index >= 15 is 0 Å². The molecule has 0 amide bonds. The molecule has 19 heteroatoms. The van der Waals surface area contributed by atoms with Crippen molar-refractivity contribution in [2.45, 2.75) is 151 Å². The molecule has 0 N–H and O–H groups in total. The summed E-state index contributed by atoms with van der Waals surface area (Å²) in [6, 6.07) is 0. The van der Waals surface area contributed by atoms with Crippen LogP contribution >= 0.6 is 0 Å². The van der Waals surface area contributed by atoms with Crippen LogP contribution < -0.4 is 0 Å². The van der Waals surface area contributed by atoms with Crippen molar-refractivity contribution in [2.24, 2.45) is 0 Å². The van der Waals surface area contributed by atoms with Gasteiger partial charge in [0.05, 0.1) is 0 Å². The zero-order valence-electron chi connectivity index (χ0n) is 32.7. The molecule has 0 bridgehead atoms. The lowest BCUT2D eigenvalue weighted by Gasteiger charge is -2.42. The van der Waals surface area contributed by atoms with Gasteiger partial charge in [0, 0.05) is 7.11 Å². The molecule has 0 spiro atoms. The van der Waals surface area contributed by atoms with Crippen LogP contribution in [0.15, 0.2) is 0 Å². The summed E-state index contributed by atoms with van der Waals surface area (Å²) in [6.07, 6.45) is 0. The second kappa shape index (κ2) is 16.0. The third kappa shape index (κ3) is 27.5. The fraction of sp³-hybridized carbons (Fsp3) is 1.00. The molecule has 0 atom stereocenters. The lowest BCUT2D eigenvalue weighted by Crippen LogP contribution is -2.59. The first-order valence-electron chi connectivity index (χ1n) is 15.4. The fourth-order valence-electron chi connectivity index (χ4n) is 5.34. The minimum Gasteiger partial charge on any atom is -0.437 e. The second-order valence-corrected chi connectivity index (χ2v) is 56.4. The van der Waals surface area contributed by atoms with E-state index in [-0.39, 0.29) is 0 Å². The van der Waals surface area contributed by atoms with E-state index in [1.165, 1.54) is 0 Å². The van der Waals surface area contributed by atoms with Gasteiger partial charge in [-0.25, -0.2) is 0 Å². The van der Waals surface area contributed by atoms with Crippen LogP contribution in [0.1, 0.15) is 0 Å². The minimum atomic E-state index is -2.36. The van der Waals surface area contributed by atoms with Gasteiger partial charge < -0.3 is 37.3 Å². The standard InChI is InChI=1S/C14H42O5Si6.C10H30O4Si4/c1-20(2,3)15-22(7,8)17-24(11,12)19-25(13,14)18-23(9,10)16-21(4,5)6;1-11-16(5,6)13-18(9,10)14-17(7,8)12-15(2,3)4/h1-14H3;1-10H3. The molecule has 0 rings (SSSR count). The molecule has 0 aliphatic rings. The van der Waals surface area contributed by atoms with Crippen molar-refractivity contribution in [3.8, 4) is 0 Å². The second-order valence-electron chi connectivity index (χ2n) is 17.2. The molecule has 0 unspecified atom stereocenters. The molecule has 43 heavy (non-hydrogen) atoms. The summed E-state index contributed by atoms with van der Waals surface area (Å²) >= 11 is 0. The summed E-state index contributed by atoms with van der Waals surface area (Å²) in [5.74, 6) is 0. The lowest BCUT2D eigenvalue weighted by molar-refractivity contribution is 0.265. The first kappa shape index (κ1) is 46.9. The summed E-state index contributed by atoms with van der Waals surface area (Å²) in [5.41, 5.74) is 0. The van der Waals surface area contributed by atoms with Gasteiger partial charge in [0.15, 0.2) is 25.0 Å². The van der Waals surface area contributed by atoms with Gasteiger partial charge in [0.1, 0.15) is 0 Å². The summed E-state index contributed by atoms with van der Waals surface area (Å²) in [4.78, 5) is 0. The third-order valence-corrected chi connectivity index (χ3v) is 38.5. The highest BCUT2D eigenvalue weighted by atomic mass is 28.5. The maximum absolute atomic E-state index is 6.50. The van der Waals surface area contributed by atoms with E-state index in [9.17, 15) is 0 Å². The largest absolute Gasteiger partial charge is 0.437 e. The van der Waals surface area contributed by atoms with Crippen molar-refractivity contribution >= 4 is 84.9 Å². The van der Waals surface area contributed by atoms with Crippen molar-refractivity contribution < 1.29 is 37.3 Å². The molecule has 0 aliphatic carbocycles. The Morgan fingerprint density at radius 1 is 0.209 bits per heavy atom. The van der Waals surface area contributed by atoms with Gasteiger partial charge in [0.25, 0.3) is 0 Å². The van der Waals surface area contributed by atoms with Gasteiger partial charge in [-0.05, 0) is 151 Å². The maximum Gasteiger partial charge on any atom is 0.322 e. The average molecular weight is 786 g/mol. The zero-order chi connectivity index (χ0) is 35.4. The van der Waals surface area contributed by atoms with Crippen LogP contribution in [0.25, 0.3) is 0 Å². The van der Waals surface area contributed by atoms with E-state index < -0.39 is 84.9 Å². The molecule has 0 heterocycles. The quantitative estimate of drug-likeness (QED) is 0.134. The summed E-state index contributed by atoms with van der Waals surface area (Å²) in [6.45, 7) is 49.0. The SMILES string of the molecule is CO[Si](C)(C)O[Si](C)(C)O[Si](C)(C)O[Si](C)(C)C.C[Si](C)(C)O[Si](C)(C)O[Si](C)(C)O[Si](C)(C)O[Si](C)(C)O[Si](C)(C)C. The molecule has 262 valence electrons. The molecule has 0 saturated heterocycles. The fourth-order valence-corrected chi connectivity index (χ4v) is 50.3. The molecule has 0 fully saturated rings. The predicted molar refractivity (Wildman–Crippen MR) is 208 cm³/mol. The molecular formula is C24H72O9Si10. The van der Waals surface area contributed by atoms with Crippen molar-refractivity contribution in [1.29, 1.82) is 0 Å². The Morgan fingerprint density at radius 2 is 0.349 bits per heavy atom. The van der Waals surface area contributed by atoms with E-state index in [1.54, 1.807) is 7.11 Å². The van der Waals surface area contributed by atoms with E-state index in [0.29, 0.717) is 0 Å². The van der Waals surface area contributed by atoms with Crippen LogP contribution in [-0.2, 0) is 37.3 Å². The van der Waals surface area contributed by atoms with Crippen molar-refractivity contribution in [2.75, 3.05) is 7.11 Å². The van der Waals surface area contributed by atoms with Gasteiger partial charge in [-0.3, -0.25) is 0 Å². The molecule has 0 aromatic carbocycles. The van der Waals surface area contributed by atoms with Gasteiger partial charge in [0.2, 0.25) is 0 Å². The van der Waals surface area contributed by atoms with Gasteiger partial charge in [-0.2, -0.15) is 0 Å². The number of hydrogen-bond acceptors (Lipinski definition) is 9. The summed E-state index contributed by atoms with van der Waals surface area (Å²) < 4.78 is 56.1. The highest BCUT2D eigenvalue weighted by Gasteiger charge is 2.47. The van der Waals surface area contributed by atoms with Crippen molar-refractivity contribution in [3.05, 3.63) is 0 Å². The molecule has 0 saturated carbocycles. The molecule has 0 radical (unpaired) electrons. The summed E-state index contributed by atoms with van der Waals surface area (Å²) in [5, 5.41) is 0. The Bertz CT molecular complexity index is 808. The van der Waals surface area contributed by atoms with Gasteiger partial charge >= 0.3 is 59.9 Å². The first-order chi connectivity index (χ1) is 18.2. The van der Waals surface area contributed by atoms with Crippen LogP contribution in [0, 0.1) is 0 Å². The van der Waals surface area contributed by atoms with Crippen LogP contribution in [0.5, 0.6) is 0 Å². The van der Waals surface area contributed by atoms with Crippen LogP contribution in [0.4, 0.5) is 0 Å². The minimum absolute atomic E-state index is 1.58. The van der Waals surface area contributed by atoms with Crippen LogP contribution in [-0.4, -0.2) is 92.0 Å². The molecule has 0 aromatic heterocycles. The Hall–Kier alpha value is 1.81. The summed E-state index contributed by atoms with van der Waals surface area (Å²) in [7, 11) is -18.7. The zero-order valence-corrected chi connectivity index (χ0v) is 42.7. The third-order valence-electron chi connectivity index (χ3n) is 4.61. The van der Waals surface area contributed by atoms with Crippen LogP contribution in [0.2, 0.25) is 151 Å². The predicted octanol–water partition coefficient (Wildman–Crippen LogP) is 9.17. The Balaban J connectivity index is 0. The van der Waals surface area contributed by atoms with E-state index in [1.807, 2.05) is 13.1 Å². The van der Waals surface area contributed by atoms with Crippen molar-refractivity contribution in [3.63, 3.8) is 0 Å². The normalized spacial score (nSPS) is 15.3. The van der Waals surface area contributed by atoms with Crippen LogP contribution in [0.3, 0.4) is 0 Å². The van der Waals surface area contributed by atoms with E-state index in [2.05, 4.69) is 137 Å². The van der Waals surface area contributed by atoms with Gasteiger partial charge in [-0.1, -0.05) is 0 Å².